The smallest absolute Gasteiger partial charge is 0.312 e. The number of fused-ring (bicyclic) bond motifs is 1. The molecule has 0 fully saturated rings. The number of carbonyl (C=O) groups is 1. The van der Waals surface area contributed by atoms with E-state index in [1.54, 1.807) is 23.5 Å². The topological polar surface area (TPSA) is 42.2 Å². The van der Waals surface area contributed by atoms with Gasteiger partial charge in [-0.25, -0.2) is 0 Å². The summed E-state index contributed by atoms with van der Waals surface area (Å²) in [6.45, 7) is 0.811. The van der Waals surface area contributed by atoms with E-state index >= 15 is 0 Å². The third-order valence-electron chi connectivity index (χ3n) is 4.25. The zero-order valence-electron chi connectivity index (χ0n) is 12.7. The minimum Gasteiger partial charge on any atom is -0.481 e. The second kappa shape index (κ2) is 6.42. The van der Waals surface area contributed by atoms with Crippen molar-refractivity contribution >= 4 is 29.5 Å². The van der Waals surface area contributed by atoms with E-state index in [-0.39, 0.29) is 5.92 Å². The molecule has 1 atom stereocenters. The number of carboxylic acids is 1. The molecule has 0 saturated carbocycles. The largest absolute Gasteiger partial charge is 0.481 e. The summed E-state index contributed by atoms with van der Waals surface area (Å²) in [5.74, 6) is -1.06. The fourth-order valence-corrected chi connectivity index (χ4v) is 4.15. The maximum Gasteiger partial charge on any atom is 0.312 e. The lowest BCUT2D eigenvalue weighted by Gasteiger charge is -2.09. The van der Waals surface area contributed by atoms with Crippen LogP contribution in [0.3, 0.4) is 0 Å². The van der Waals surface area contributed by atoms with Crippen molar-refractivity contribution in [2.45, 2.75) is 35.1 Å². The zero-order valence-corrected chi connectivity index (χ0v) is 14.3. The first kappa shape index (κ1) is 15.6. The van der Waals surface area contributed by atoms with Gasteiger partial charge in [-0.1, -0.05) is 12.1 Å². The van der Waals surface area contributed by atoms with Crippen molar-refractivity contribution in [2.75, 3.05) is 12.5 Å². The van der Waals surface area contributed by atoms with Gasteiger partial charge in [-0.3, -0.25) is 4.79 Å². The average Bonchev–Trinajstić information content (AvgIpc) is 3.08. The number of thioether (sulfide) groups is 2. The van der Waals surface area contributed by atoms with Crippen molar-refractivity contribution in [3.8, 4) is 0 Å². The van der Waals surface area contributed by atoms with Gasteiger partial charge in [0.2, 0.25) is 0 Å². The van der Waals surface area contributed by atoms with E-state index in [0.29, 0.717) is 6.42 Å². The highest BCUT2D eigenvalue weighted by Crippen LogP contribution is 2.37. The van der Waals surface area contributed by atoms with Crippen molar-refractivity contribution < 1.29 is 9.90 Å². The average molecular weight is 333 g/mol. The lowest BCUT2D eigenvalue weighted by atomic mass is 10.1. The highest BCUT2D eigenvalue weighted by molar-refractivity contribution is 7.98. The van der Waals surface area contributed by atoms with Gasteiger partial charge in [0.15, 0.2) is 0 Å². The number of hydrogen-bond acceptors (Lipinski definition) is 3. The number of carboxylic acid groups (broad SMARTS) is 1. The molecule has 0 radical (unpaired) electrons. The lowest BCUT2D eigenvalue weighted by Crippen LogP contribution is -2.07. The summed E-state index contributed by atoms with van der Waals surface area (Å²) in [4.78, 5) is 13.8. The van der Waals surface area contributed by atoms with Gasteiger partial charge >= 0.3 is 5.97 Å². The number of rotatable bonds is 5. The summed E-state index contributed by atoms with van der Waals surface area (Å²) < 4.78 is 2.22. The molecular weight excluding hydrogens is 314 g/mol. The van der Waals surface area contributed by atoms with Crippen LogP contribution in [-0.2, 0) is 17.8 Å². The number of hydrogen-bond donors (Lipinski definition) is 1. The Morgan fingerprint density at radius 3 is 2.59 bits per heavy atom. The van der Waals surface area contributed by atoms with E-state index in [4.69, 9.17) is 0 Å². The van der Waals surface area contributed by atoms with Crippen LogP contribution in [0.4, 0.5) is 0 Å². The van der Waals surface area contributed by atoms with E-state index in [1.807, 2.05) is 0 Å². The maximum atomic E-state index is 11.4. The SMILES string of the molecule is CSc1ccc(Cc2c(SC)cc3n2CCC3C(=O)O)cc1. The molecule has 0 amide bonds. The van der Waals surface area contributed by atoms with Gasteiger partial charge in [0, 0.05) is 34.1 Å². The number of nitrogens with zero attached hydrogens (tertiary/aromatic N) is 1. The van der Waals surface area contributed by atoms with Crippen LogP contribution in [0.25, 0.3) is 0 Å². The van der Waals surface area contributed by atoms with Crippen molar-refractivity contribution in [1.29, 1.82) is 0 Å². The summed E-state index contributed by atoms with van der Waals surface area (Å²) in [5, 5.41) is 9.36. The molecule has 22 heavy (non-hydrogen) atoms. The molecule has 2 aromatic rings. The molecule has 3 nitrogen and oxygen atoms in total. The first-order valence-electron chi connectivity index (χ1n) is 7.26. The summed E-state index contributed by atoms with van der Waals surface area (Å²) >= 11 is 3.44. The normalized spacial score (nSPS) is 16.7. The first-order valence-corrected chi connectivity index (χ1v) is 9.71. The second-order valence-electron chi connectivity index (χ2n) is 5.44. The summed E-state index contributed by atoms with van der Waals surface area (Å²) in [6, 6.07) is 10.7. The van der Waals surface area contributed by atoms with Gasteiger partial charge in [-0.05, 0) is 42.7 Å². The molecule has 0 bridgehead atoms. The molecule has 116 valence electrons. The number of benzene rings is 1. The molecular formula is C17H19NO2S2. The lowest BCUT2D eigenvalue weighted by molar-refractivity contribution is -0.138. The number of aromatic nitrogens is 1. The molecule has 1 unspecified atom stereocenters. The van der Waals surface area contributed by atoms with Crippen LogP contribution in [0.15, 0.2) is 40.1 Å². The van der Waals surface area contributed by atoms with Crippen LogP contribution < -0.4 is 0 Å². The van der Waals surface area contributed by atoms with E-state index in [1.165, 1.54) is 21.0 Å². The molecule has 0 aliphatic carbocycles. The molecule has 1 aliphatic heterocycles. The summed E-state index contributed by atoms with van der Waals surface area (Å²) in [5.41, 5.74) is 3.49. The van der Waals surface area contributed by atoms with Crippen molar-refractivity contribution in [2.24, 2.45) is 0 Å². The minimum absolute atomic E-state index is 0.349. The first-order chi connectivity index (χ1) is 10.6. The molecule has 2 heterocycles. The molecule has 3 rings (SSSR count). The van der Waals surface area contributed by atoms with E-state index in [0.717, 1.165) is 18.7 Å². The Labute approximate surface area is 139 Å². The van der Waals surface area contributed by atoms with E-state index in [2.05, 4.69) is 47.4 Å². The van der Waals surface area contributed by atoms with Gasteiger partial charge in [0.05, 0.1) is 5.92 Å². The number of aliphatic carboxylic acids is 1. The van der Waals surface area contributed by atoms with Crippen LogP contribution >= 0.6 is 23.5 Å². The summed E-state index contributed by atoms with van der Waals surface area (Å²) in [6.07, 6.45) is 5.70. The Kier molecular flexibility index (Phi) is 4.54. The Bertz CT molecular complexity index is 691. The molecule has 1 aromatic heterocycles. The molecule has 1 aliphatic rings. The monoisotopic (exact) mass is 333 g/mol. The van der Waals surface area contributed by atoms with E-state index in [9.17, 15) is 9.90 Å². The van der Waals surface area contributed by atoms with Gasteiger partial charge in [0.1, 0.15) is 0 Å². The summed E-state index contributed by atoms with van der Waals surface area (Å²) in [7, 11) is 0. The fraction of sp³-hybridized carbons (Fsp3) is 0.353. The van der Waals surface area contributed by atoms with Gasteiger partial charge < -0.3 is 9.67 Å². The highest BCUT2D eigenvalue weighted by atomic mass is 32.2. The molecule has 1 N–H and O–H groups in total. The Hall–Kier alpha value is -1.33. The zero-order chi connectivity index (χ0) is 15.7. The predicted octanol–water partition coefficient (Wildman–Crippen LogP) is 4.09. The second-order valence-corrected chi connectivity index (χ2v) is 7.17. The quantitative estimate of drug-likeness (QED) is 0.837. The highest BCUT2D eigenvalue weighted by Gasteiger charge is 2.31. The predicted molar refractivity (Wildman–Crippen MR) is 92.2 cm³/mol. The van der Waals surface area contributed by atoms with Gasteiger partial charge in [-0.2, -0.15) is 0 Å². The Balaban J connectivity index is 1.93. The molecule has 1 aromatic carbocycles. The van der Waals surface area contributed by atoms with Crippen LogP contribution in [0.1, 0.15) is 29.3 Å². The molecule has 5 heteroatoms. The van der Waals surface area contributed by atoms with Crippen LogP contribution in [0, 0.1) is 0 Å². The van der Waals surface area contributed by atoms with Gasteiger partial charge in [-0.15, -0.1) is 23.5 Å². The van der Waals surface area contributed by atoms with Crippen LogP contribution in [0.2, 0.25) is 0 Å². The van der Waals surface area contributed by atoms with Crippen LogP contribution in [0.5, 0.6) is 0 Å². The third-order valence-corrected chi connectivity index (χ3v) is 5.78. The van der Waals surface area contributed by atoms with Crippen molar-refractivity contribution in [3.63, 3.8) is 0 Å². The third kappa shape index (κ3) is 2.79. The van der Waals surface area contributed by atoms with Crippen molar-refractivity contribution in [3.05, 3.63) is 47.3 Å². The van der Waals surface area contributed by atoms with Gasteiger partial charge in [0.25, 0.3) is 0 Å². The Morgan fingerprint density at radius 1 is 1.27 bits per heavy atom. The van der Waals surface area contributed by atoms with E-state index < -0.39 is 5.97 Å². The molecule has 0 saturated heterocycles. The standard InChI is InChI=1S/C17H19NO2S2/c1-21-12-5-3-11(4-6-12)9-15-16(22-2)10-14-13(17(19)20)7-8-18(14)15/h3-6,10,13H,7-9H2,1-2H3,(H,19,20). The maximum absolute atomic E-state index is 11.4. The Morgan fingerprint density at radius 2 is 2.00 bits per heavy atom. The van der Waals surface area contributed by atoms with Crippen LogP contribution in [-0.4, -0.2) is 28.2 Å². The molecule has 0 spiro atoms. The minimum atomic E-state index is -0.709. The van der Waals surface area contributed by atoms with Crippen molar-refractivity contribution in [1.82, 2.24) is 4.57 Å². The fourth-order valence-electron chi connectivity index (χ4n) is 3.09.